The van der Waals surface area contributed by atoms with Gasteiger partial charge in [-0.2, -0.15) is 0 Å². The average Bonchev–Trinajstić information content (AvgIpc) is 2.83. The molecule has 31 heavy (non-hydrogen) atoms. The lowest BCUT2D eigenvalue weighted by atomic mass is 9.92. The van der Waals surface area contributed by atoms with E-state index in [9.17, 15) is 14.4 Å². The van der Waals surface area contributed by atoms with Gasteiger partial charge in [-0.3, -0.25) is 19.8 Å². The van der Waals surface area contributed by atoms with Gasteiger partial charge in [0.1, 0.15) is 6.04 Å². The molecule has 0 saturated carbocycles. The number of hydrogen-bond donors (Lipinski definition) is 2. The Hall–Kier alpha value is -3.15. The highest BCUT2D eigenvalue weighted by molar-refractivity contribution is 6.06. The third-order valence-corrected chi connectivity index (χ3v) is 5.63. The van der Waals surface area contributed by atoms with Crippen LogP contribution in [0.4, 0.5) is 5.69 Å². The Bertz CT molecular complexity index is 970. The highest BCUT2D eigenvalue weighted by Crippen LogP contribution is 2.39. The summed E-state index contributed by atoms with van der Waals surface area (Å²) in [6, 6.07) is 14.5. The van der Waals surface area contributed by atoms with Gasteiger partial charge in [-0.15, -0.1) is 0 Å². The molecule has 0 aromatic heterocycles. The van der Waals surface area contributed by atoms with Gasteiger partial charge in [-0.1, -0.05) is 62.7 Å². The van der Waals surface area contributed by atoms with E-state index in [1.54, 1.807) is 6.92 Å². The van der Waals surface area contributed by atoms with Crippen molar-refractivity contribution in [1.29, 1.82) is 0 Å². The largest absolute Gasteiger partial charge is 0.345 e. The zero-order valence-electron chi connectivity index (χ0n) is 18.6. The fourth-order valence-electron chi connectivity index (χ4n) is 3.83. The average molecular weight is 422 g/mol. The Balaban J connectivity index is 1.77. The quantitative estimate of drug-likeness (QED) is 0.704. The lowest BCUT2D eigenvalue weighted by Gasteiger charge is -2.27. The summed E-state index contributed by atoms with van der Waals surface area (Å²) in [5.41, 5.74) is 6.13. The van der Waals surface area contributed by atoms with Crippen LogP contribution >= 0.6 is 0 Å². The van der Waals surface area contributed by atoms with Crippen LogP contribution in [0.1, 0.15) is 58.4 Å². The van der Waals surface area contributed by atoms with Gasteiger partial charge >= 0.3 is 0 Å². The molecule has 2 aromatic rings. The van der Waals surface area contributed by atoms with E-state index in [0.717, 1.165) is 29.5 Å². The van der Waals surface area contributed by atoms with E-state index < -0.39 is 17.9 Å². The molecule has 1 aliphatic heterocycles. The van der Waals surface area contributed by atoms with E-state index in [2.05, 4.69) is 24.6 Å². The highest BCUT2D eigenvalue weighted by Gasteiger charge is 2.33. The number of fused-ring (bicyclic) bond motifs is 3. The number of para-hydroxylation sites is 1. The molecule has 3 amide bonds. The molecule has 164 valence electrons. The molecule has 0 aliphatic carbocycles. The summed E-state index contributed by atoms with van der Waals surface area (Å²) in [5.74, 6) is -0.704. The van der Waals surface area contributed by atoms with E-state index >= 15 is 0 Å². The van der Waals surface area contributed by atoms with Crippen LogP contribution in [0.25, 0.3) is 11.1 Å². The van der Waals surface area contributed by atoms with E-state index in [-0.39, 0.29) is 11.8 Å². The maximum absolute atomic E-state index is 13.3. The standard InChI is InChI=1S/C25H31N3O3/c1-16(2)10-9-15-23(29)26-18(4)24(30)27-28-22-14-8-7-13-21(22)20-12-6-5-11-19(20)17(3)25(28)31/h5-8,11-14,16-18H,9-10,15H2,1-4H3,(H,26,29)(H,27,30)/t17?,18-/m0/s1. The second-order valence-corrected chi connectivity index (χ2v) is 8.55. The minimum absolute atomic E-state index is 0.160. The van der Waals surface area contributed by atoms with Crippen molar-refractivity contribution < 1.29 is 14.4 Å². The van der Waals surface area contributed by atoms with Crippen molar-refractivity contribution in [2.75, 3.05) is 5.01 Å². The van der Waals surface area contributed by atoms with Crippen molar-refractivity contribution in [3.05, 3.63) is 54.1 Å². The molecular formula is C25H31N3O3. The van der Waals surface area contributed by atoms with Gasteiger partial charge < -0.3 is 5.32 Å². The number of hydrazine groups is 1. The summed E-state index contributed by atoms with van der Waals surface area (Å²) in [7, 11) is 0. The van der Waals surface area contributed by atoms with Crippen LogP contribution in [-0.4, -0.2) is 23.8 Å². The number of nitrogens with one attached hydrogen (secondary N) is 2. The summed E-state index contributed by atoms with van der Waals surface area (Å²) in [6.45, 7) is 7.70. The monoisotopic (exact) mass is 421 g/mol. The maximum Gasteiger partial charge on any atom is 0.261 e. The Kier molecular flexibility index (Phi) is 7.10. The highest BCUT2D eigenvalue weighted by atomic mass is 16.2. The summed E-state index contributed by atoms with van der Waals surface area (Å²) in [5, 5.41) is 4.06. The topological polar surface area (TPSA) is 78.5 Å². The number of amides is 3. The molecule has 3 rings (SSSR count). The SMILES string of the molecule is CC(C)CCCC(=O)N[C@@H](C)C(=O)NN1C(=O)C(C)c2ccccc2-c2ccccc21. The Morgan fingerprint density at radius 2 is 1.65 bits per heavy atom. The van der Waals surface area contributed by atoms with Gasteiger partial charge in [0.25, 0.3) is 11.8 Å². The number of carbonyl (C=O) groups is 3. The van der Waals surface area contributed by atoms with Crippen LogP contribution in [0, 0.1) is 5.92 Å². The summed E-state index contributed by atoms with van der Waals surface area (Å²) in [4.78, 5) is 38.3. The maximum atomic E-state index is 13.3. The molecule has 0 spiro atoms. The van der Waals surface area contributed by atoms with E-state index in [0.29, 0.717) is 18.0 Å². The first kappa shape index (κ1) is 22.5. The molecule has 0 fully saturated rings. The van der Waals surface area contributed by atoms with Crippen molar-refractivity contribution >= 4 is 23.4 Å². The van der Waals surface area contributed by atoms with Crippen LogP contribution in [0.3, 0.4) is 0 Å². The minimum Gasteiger partial charge on any atom is -0.345 e. The molecule has 6 heteroatoms. The van der Waals surface area contributed by atoms with Crippen molar-refractivity contribution in [1.82, 2.24) is 10.7 Å². The molecule has 0 saturated heterocycles. The van der Waals surface area contributed by atoms with Gasteiger partial charge in [0.05, 0.1) is 11.6 Å². The first-order valence-corrected chi connectivity index (χ1v) is 10.9. The molecule has 2 aromatic carbocycles. The Morgan fingerprint density at radius 1 is 1.00 bits per heavy atom. The van der Waals surface area contributed by atoms with Crippen molar-refractivity contribution in [3.63, 3.8) is 0 Å². The Morgan fingerprint density at radius 3 is 2.35 bits per heavy atom. The van der Waals surface area contributed by atoms with Gasteiger partial charge in [-0.25, -0.2) is 5.01 Å². The zero-order valence-corrected chi connectivity index (χ0v) is 18.6. The van der Waals surface area contributed by atoms with Crippen molar-refractivity contribution in [3.8, 4) is 11.1 Å². The normalized spacial score (nSPS) is 16.2. The van der Waals surface area contributed by atoms with E-state index in [4.69, 9.17) is 0 Å². The van der Waals surface area contributed by atoms with Gasteiger partial charge in [0, 0.05) is 12.0 Å². The fourth-order valence-corrected chi connectivity index (χ4v) is 3.83. The lowest BCUT2D eigenvalue weighted by Crippen LogP contribution is -2.54. The molecule has 1 aliphatic rings. The van der Waals surface area contributed by atoms with Crippen LogP contribution in [0.2, 0.25) is 0 Å². The van der Waals surface area contributed by atoms with Gasteiger partial charge in [-0.05, 0) is 43.4 Å². The number of benzene rings is 2. The third kappa shape index (κ3) is 5.13. The second-order valence-electron chi connectivity index (χ2n) is 8.55. The smallest absolute Gasteiger partial charge is 0.261 e. The van der Waals surface area contributed by atoms with E-state index in [1.807, 2.05) is 55.5 Å². The van der Waals surface area contributed by atoms with Gasteiger partial charge in [0.15, 0.2) is 0 Å². The number of rotatable bonds is 7. The van der Waals surface area contributed by atoms with Crippen LogP contribution in [0.15, 0.2) is 48.5 Å². The van der Waals surface area contributed by atoms with Crippen LogP contribution in [0.5, 0.6) is 0 Å². The summed E-state index contributed by atoms with van der Waals surface area (Å²) in [6.07, 6.45) is 2.13. The molecule has 2 atom stereocenters. The van der Waals surface area contributed by atoms with Crippen molar-refractivity contribution in [2.24, 2.45) is 5.92 Å². The predicted octanol–water partition coefficient (Wildman–Crippen LogP) is 4.17. The summed E-state index contributed by atoms with van der Waals surface area (Å²) >= 11 is 0. The number of hydrogen-bond acceptors (Lipinski definition) is 3. The van der Waals surface area contributed by atoms with Crippen LogP contribution in [-0.2, 0) is 14.4 Å². The molecule has 1 heterocycles. The second kappa shape index (κ2) is 9.77. The predicted molar refractivity (Wildman–Crippen MR) is 122 cm³/mol. The fraction of sp³-hybridized carbons (Fsp3) is 0.400. The third-order valence-electron chi connectivity index (χ3n) is 5.63. The molecule has 1 unspecified atom stereocenters. The van der Waals surface area contributed by atoms with Gasteiger partial charge in [0.2, 0.25) is 5.91 Å². The number of carbonyl (C=O) groups excluding carboxylic acids is 3. The summed E-state index contributed by atoms with van der Waals surface area (Å²) < 4.78 is 0. The molecule has 2 N–H and O–H groups in total. The first-order chi connectivity index (χ1) is 14.8. The number of nitrogens with zero attached hydrogens (tertiary/aromatic N) is 1. The number of anilines is 1. The molecular weight excluding hydrogens is 390 g/mol. The molecule has 0 bridgehead atoms. The zero-order chi connectivity index (χ0) is 22.5. The first-order valence-electron chi connectivity index (χ1n) is 10.9. The molecule has 6 nitrogen and oxygen atoms in total. The minimum atomic E-state index is -0.757. The molecule has 0 radical (unpaired) electrons. The van der Waals surface area contributed by atoms with E-state index in [1.165, 1.54) is 5.01 Å². The van der Waals surface area contributed by atoms with Crippen molar-refractivity contribution in [2.45, 2.75) is 58.9 Å². The van der Waals surface area contributed by atoms with Crippen LogP contribution < -0.4 is 15.8 Å². The Labute approximate surface area is 184 Å². The lowest BCUT2D eigenvalue weighted by molar-refractivity contribution is -0.130.